The third-order valence-corrected chi connectivity index (χ3v) is 1.91. The Morgan fingerprint density at radius 2 is 2.25 bits per heavy atom. The van der Waals surface area contributed by atoms with Crippen LogP contribution in [0.15, 0.2) is 12.1 Å². The Morgan fingerprint density at radius 1 is 1.42 bits per heavy atom. The number of nitrogens with one attached hydrogen (secondary N) is 1. The summed E-state index contributed by atoms with van der Waals surface area (Å²) in [5, 5.41) is 0.483. The molecule has 2 heterocycles. The lowest BCUT2D eigenvalue weighted by Gasteiger charge is -1.86. The van der Waals surface area contributed by atoms with Gasteiger partial charge in [-0.2, -0.15) is 0 Å². The van der Waals surface area contributed by atoms with Gasteiger partial charge in [-0.05, 0) is 12.1 Å². The Labute approximate surface area is 74.8 Å². The lowest BCUT2D eigenvalue weighted by Crippen LogP contribution is -1.80. The summed E-state index contributed by atoms with van der Waals surface area (Å²) in [5.74, 6) is 0.944. The average molecular weight is 182 g/mol. The number of halogens is 1. The van der Waals surface area contributed by atoms with E-state index in [-0.39, 0.29) is 0 Å². The van der Waals surface area contributed by atoms with Crippen LogP contribution < -0.4 is 0 Å². The van der Waals surface area contributed by atoms with Crippen molar-refractivity contribution in [1.29, 1.82) is 0 Å². The molecule has 3 nitrogen and oxygen atoms in total. The lowest BCUT2D eigenvalue weighted by molar-refractivity contribution is 0.997. The van der Waals surface area contributed by atoms with Gasteiger partial charge in [0.25, 0.3) is 0 Å². The molecule has 12 heavy (non-hydrogen) atoms. The second kappa shape index (κ2) is 2.75. The van der Waals surface area contributed by atoms with Gasteiger partial charge >= 0.3 is 0 Å². The quantitative estimate of drug-likeness (QED) is 0.686. The number of fused-ring (bicyclic) bond motifs is 1. The zero-order chi connectivity index (χ0) is 8.55. The minimum absolute atomic E-state index is 0.483. The van der Waals surface area contributed by atoms with E-state index in [1.165, 1.54) is 0 Å². The van der Waals surface area contributed by atoms with E-state index in [4.69, 9.17) is 11.6 Å². The Kier molecular flexibility index (Phi) is 1.73. The molecule has 2 aromatic rings. The molecule has 0 aliphatic heterocycles. The highest BCUT2D eigenvalue weighted by atomic mass is 35.5. The van der Waals surface area contributed by atoms with Crippen molar-refractivity contribution in [1.82, 2.24) is 15.0 Å². The lowest BCUT2D eigenvalue weighted by atomic mass is 10.4. The van der Waals surface area contributed by atoms with Gasteiger partial charge in [0.1, 0.15) is 11.0 Å². The highest BCUT2D eigenvalue weighted by molar-refractivity contribution is 6.29. The Hall–Kier alpha value is -1.09. The molecule has 0 saturated heterocycles. The Bertz CT molecular complexity index is 408. The number of aromatic nitrogens is 3. The van der Waals surface area contributed by atoms with Gasteiger partial charge in [0, 0.05) is 6.42 Å². The van der Waals surface area contributed by atoms with Crippen molar-refractivity contribution < 1.29 is 0 Å². The van der Waals surface area contributed by atoms with Gasteiger partial charge in [-0.25, -0.2) is 9.97 Å². The maximum atomic E-state index is 5.71. The molecule has 0 fully saturated rings. The maximum Gasteiger partial charge on any atom is 0.179 e. The second-order valence-corrected chi connectivity index (χ2v) is 2.93. The predicted molar refractivity (Wildman–Crippen MR) is 48.3 cm³/mol. The molecule has 1 N–H and O–H groups in total. The average Bonchev–Trinajstić information content (AvgIpc) is 2.46. The number of hydrogen-bond acceptors (Lipinski definition) is 2. The van der Waals surface area contributed by atoms with Crippen LogP contribution in [0.5, 0.6) is 0 Å². The number of aryl methyl sites for hydroxylation is 1. The van der Waals surface area contributed by atoms with Gasteiger partial charge in [0.05, 0.1) is 5.52 Å². The summed E-state index contributed by atoms with van der Waals surface area (Å²) in [4.78, 5) is 11.4. The fraction of sp³-hybridized carbons (Fsp3) is 0.250. The largest absolute Gasteiger partial charge is 0.341 e. The van der Waals surface area contributed by atoms with E-state index < -0.39 is 0 Å². The van der Waals surface area contributed by atoms with Gasteiger partial charge in [0.15, 0.2) is 5.65 Å². The van der Waals surface area contributed by atoms with Crippen molar-refractivity contribution in [2.24, 2.45) is 0 Å². The fourth-order valence-corrected chi connectivity index (χ4v) is 1.23. The van der Waals surface area contributed by atoms with Gasteiger partial charge in [0.2, 0.25) is 0 Å². The molecular weight excluding hydrogens is 174 g/mol. The molecule has 0 saturated carbocycles. The molecule has 0 atom stereocenters. The number of aromatic amines is 1. The van der Waals surface area contributed by atoms with E-state index in [2.05, 4.69) is 15.0 Å². The van der Waals surface area contributed by atoms with Crippen LogP contribution in [0.25, 0.3) is 11.2 Å². The van der Waals surface area contributed by atoms with Crippen LogP contribution in [-0.4, -0.2) is 15.0 Å². The molecule has 62 valence electrons. The van der Waals surface area contributed by atoms with Crippen molar-refractivity contribution >= 4 is 22.8 Å². The number of pyridine rings is 1. The third kappa shape index (κ3) is 1.16. The van der Waals surface area contributed by atoms with Crippen molar-refractivity contribution in [2.75, 3.05) is 0 Å². The van der Waals surface area contributed by atoms with Crippen LogP contribution in [0.1, 0.15) is 12.7 Å². The van der Waals surface area contributed by atoms with Gasteiger partial charge in [-0.1, -0.05) is 18.5 Å². The van der Waals surface area contributed by atoms with Crippen LogP contribution in [0.2, 0.25) is 5.15 Å². The summed E-state index contributed by atoms with van der Waals surface area (Å²) in [6, 6.07) is 3.64. The van der Waals surface area contributed by atoms with E-state index in [9.17, 15) is 0 Å². The minimum Gasteiger partial charge on any atom is -0.341 e. The molecule has 2 aromatic heterocycles. The maximum absolute atomic E-state index is 5.71. The minimum atomic E-state index is 0.483. The molecule has 2 rings (SSSR count). The molecule has 0 spiro atoms. The van der Waals surface area contributed by atoms with Gasteiger partial charge < -0.3 is 4.98 Å². The summed E-state index contributed by atoms with van der Waals surface area (Å²) in [7, 11) is 0. The zero-order valence-electron chi connectivity index (χ0n) is 6.63. The van der Waals surface area contributed by atoms with Crippen molar-refractivity contribution in [3.05, 3.63) is 23.1 Å². The molecule has 4 heteroatoms. The summed E-state index contributed by atoms with van der Waals surface area (Å²) in [5.41, 5.74) is 1.63. The van der Waals surface area contributed by atoms with Crippen LogP contribution in [0.3, 0.4) is 0 Å². The first kappa shape index (κ1) is 7.55. The number of nitrogens with zero attached hydrogens (tertiary/aromatic N) is 2. The van der Waals surface area contributed by atoms with Gasteiger partial charge in [-0.3, -0.25) is 0 Å². The third-order valence-electron chi connectivity index (χ3n) is 1.70. The number of H-pyrrole nitrogens is 1. The molecular formula is C8H8ClN3. The molecule has 0 amide bonds. The van der Waals surface area contributed by atoms with Gasteiger partial charge in [-0.15, -0.1) is 0 Å². The summed E-state index contributed by atoms with van der Waals surface area (Å²) in [6.45, 7) is 2.04. The van der Waals surface area contributed by atoms with Crippen molar-refractivity contribution in [3.8, 4) is 0 Å². The standard InChI is InChI=1S/C8H8ClN3/c1-2-7-10-5-3-4-6(9)11-8(5)12-7/h3-4H,2H2,1H3,(H,10,11,12). The topological polar surface area (TPSA) is 41.6 Å². The highest BCUT2D eigenvalue weighted by Gasteiger charge is 2.01. The van der Waals surface area contributed by atoms with E-state index in [0.717, 1.165) is 17.8 Å². The molecule has 0 aliphatic rings. The van der Waals surface area contributed by atoms with Crippen LogP contribution >= 0.6 is 11.6 Å². The highest BCUT2D eigenvalue weighted by Crippen LogP contribution is 2.12. The van der Waals surface area contributed by atoms with E-state index >= 15 is 0 Å². The van der Waals surface area contributed by atoms with Crippen LogP contribution in [-0.2, 0) is 6.42 Å². The zero-order valence-corrected chi connectivity index (χ0v) is 7.39. The summed E-state index contributed by atoms with van der Waals surface area (Å²) >= 11 is 5.71. The van der Waals surface area contributed by atoms with E-state index in [0.29, 0.717) is 10.8 Å². The SMILES string of the molecule is CCc1nc2nc(Cl)ccc2[nH]1. The summed E-state index contributed by atoms with van der Waals surface area (Å²) < 4.78 is 0. The first-order chi connectivity index (χ1) is 5.79. The Balaban J connectivity index is 2.67. The monoisotopic (exact) mass is 181 g/mol. The Morgan fingerprint density at radius 3 is 3.00 bits per heavy atom. The number of hydrogen-bond donors (Lipinski definition) is 1. The summed E-state index contributed by atoms with van der Waals surface area (Å²) in [6.07, 6.45) is 0.883. The van der Waals surface area contributed by atoms with Crippen LogP contribution in [0.4, 0.5) is 0 Å². The number of rotatable bonds is 1. The van der Waals surface area contributed by atoms with Crippen LogP contribution in [0, 0.1) is 0 Å². The van der Waals surface area contributed by atoms with Crippen molar-refractivity contribution in [3.63, 3.8) is 0 Å². The predicted octanol–water partition coefficient (Wildman–Crippen LogP) is 2.17. The molecule has 0 unspecified atom stereocenters. The molecule has 0 aromatic carbocycles. The number of imidazole rings is 1. The first-order valence-corrected chi connectivity index (χ1v) is 4.18. The van der Waals surface area contributed by atoms with E-state index in [1.54, 1.807) is 6.07 Å². The smallest absolute Gasteiger partial charge is 0.179 e. The van der Waals surface area contributed by atoms with E-state index in [1.807, 2.05) is 13.0 Å². The molecule has 0 bridgehead atoms. The second-order valence-electron chi connectivity index (χ2n) is 2.54. The molecule has 0 radical (unpaired) electrons. The first-order valence-electron chi connectivity index (χ1n) is 3.80. The fourth-order valence-electron chi connectivity index (χ4n) is 1.09. The molecule has 0 aliphatic carbocycles. The van der Waals surface area contributed by atoms with Crippen molar-refractivity contribution in [2.45, 2.75) is 13.3 Å². The normalized spacial score (nSPS) is 10.8.